The maximum atomic E-state index is 12.6. The molecular weight excluding hydrogens is 448 g/mol. The van der Waals surface area contributed by atoms with Crippen LogP contribution in [0.15, 0.2) is 71.2 Å². The number of carbonyl (C=O) groups is 2. The summed E-state index contributed by atoms with van der Waals surface area (Å²) < 4.78 is 11.7. The Morgan fingerprint density at radius 1 is 1.13 bits per heavy atom. The zero-order chi connectivity index (χ0) is 21.1. The van der Waals surface area contributed by atoms with Gasteiger partial charge in [-0.05, 0) is 54.1 Å². The van der Waals surface area contributed by atoms with Crippen LogP contribution in [0.2, 0.25) is 0 Å². The number of anilines is 2. The minimum atomic E-state index is -0.267. The van der Waals surface area contributed by atoms with E-state index in [-0.39, 0.29) is 18.4 Å². The van der Waals surface area contributed by atoms with Crippen molar-refractivity contribution >= 4 is 39.1 Å². The number of methoxy groups -OCH3 is 1. The molecule has 0 bridgehead atoms. The molecule has 2 amide bonds. The average molecular weight is 467 g/mol. The molecule has 1 heterocycles. The van der Waals surface area contributed by atoms with Gasteiger partial charge in [-0.3, -0.25) is 9.59 Å². The van der Waals surface area contributed by atoms with Crippen LogP contribution in [-0.4, -0.2) is 25.5 Å². The Balaban J connectivity index is 1.59. The molecule has 30 heavy (non-hydrogen) atoms. The topological polar surface area (TPSA) is 67.9 Å². The Morgan fingerprint density at radius 3 is 2.70 bits per heavy atom. The fourth-order valence-electron chi connectivity index (χ4n) is 3.19. The smallest absolute Gasteiger partial charge is 0.265 e. The summed E-state index contributed by atoms with van der Waals surface area (Å²) in [6, 6.07) is 20.0. The summed E-state index contributed by atoms with van der Waals surface area (Å²) in [5, 5.41) is 2.87. The fraction of sp³-hybridized carbons (Fsp3) is 0.130. The molecule has 0 aliphatic carbocycles. The molecule has 0 saturated heterocycles. The highest BCUT2D eigenvalue weighted by atomic mass is 79.9. The number of nitrogens with one attached hydrogen (secondary N) is 1. The highest BCUT2D eigenvalue weighted by Crippen LogP contribution is 2.35. The number of carbonyl (C=O) groups excluding carboxylic acids is 2. The van der Waals surface area contributed by atoms with Crippen molar-refractivity contribution in [1.82, 2.24) is 0 Å². The van der Waals surface area contributed by atoms with Gasteiger partial charge in [-0.1, -0.05) is 34.1 Å². The fourth-order valence-corrected chi connectivity index (χ4v) is 3.46. The Morgan fingerprint density at radius 2 is 1.93 bits per heavy atom. The van der Waals surface area contributed by atoms with Crippen LogP contribution < -0.4 is 19.7 Å². The first-order valence-electron chi connectivity index (χ1n) is 9.30. The third-order valence-electron chi connectivity index (χ3n) is 4.75. The van der Waals surface area contributed by atoms with E-state index in [1.54, 1.807) is 54.5 Å². The molecule has 1 aliphatic rings. The van der Waals surface area contributed by atoms with E-state index < -0.39 is 0 Å². The highest BCUT2D eigenvalue weighted by Gasteiger charge is 2.26. The summed E-state index contributed by atoms with van der Waals surface area (Å²) in [4.78, 5) is 26.9. The summed E-state index contributed by atoms with van der Waals surface area (Å²) in [5.41, 5.74) is 2.66. The van der Waals surface area contributed by atoms with E-state index in [2.05, 4.69) is 21.2 Å². The summed E-state index contributed by atoms with van der Waals surface area (Å²) in [7, 11) is 1.55. The first kappa shape index (κ1) is 20.0. The van der Waals surface area contributed by atoms with Gasteiger partial charge in [-0.15, -0.1) is 0 Å². The maximum absolute atomic E-state index is 12.6. The van der Waals surface area contributed by atoms with Gasteiger partial charge in [0.05, 0.1) is 19.3 Å². The number of amides is 2. The van der Waals surface area contributed by atoms with Crippen LogP contribution in [-0.2, 0) is 11.3 Å². The highest BCUT2D eigenvalue weighted by molar-refractivity contribution is 9.10. The van der Waals surface area contributed by atoms with Crippen LogP contribution >= 0.6 is 15.9 Å². The molecule has 1 N–H and O–H groups in total. The molecule has 0 fully saturated rings. The first-order valence-corrected chi connectivity index (χ1v) is 10.1. The Kier molecular flexibility index (Phi) is 5.72. The van der Waals surface area contributed by atoms with Gasteiger partial charge in [0.15, 0.2) is 6.61 Å². The summed E-state index contributed by atoms with van der Waals surface area (Å²) in [5.74, 6) is 0.803. The van der Waals surface area contributed by atoms with Gasteiger partial charge >= 0.3 is 0 Å². The lowest BCUT2D eigenvalue weighted by molar-refractivity contribution is -0.121. The molecule has 0 radical (unpaired) electrons. The van der Waals surface area contributed by atoms with Crippen molar-refractivity contribution < 1.29 is 19.1 Å². The third kappa shape index (κ3) is 4.31. The second-order valence-electron chi connectivity index (χ2n) is 6.76. The van der Waals surface area contributed by atoms with Crippen molar-refractivity contribution in [3.05, 3.63) is 82.3 Å². The van der Waals surface area contributed by atoms with E-state index in [4.69, 9.17) is 9.47 Å². The molecule has 6 nitrogen and oxygen atoms in total. The van der Waals surface area contributed by atoms with Crippen LogP contribution in [0.1, 0.15) is 15.9 Å². The summed E-state index contributed by atoms with van der Waals surface area (Å²) in [6.45, 7) is 0.398. The van der Waals surface area contributed by atoms with Gasteiger partial charge in [0.2, 0.25) is 0 Å². The Hall–Kier alpha value is -3.32. The first-order chi connectivity index (χ1) is 14.5. The van der Waals surface area contributed by atoms with Crippen LogP contribution in [0.3, 0.4) is 0 Å². The quantitative estimate of drug-likeness (QED) is 0.594. The van der Waals surface area contributed by atoms with E-state index in [0.717, 1.165) is 10.0 Å². The molecule has 1 aliphatic heterocycles. The molecule has 0 unspecified atom stereocenters. The van der Waals surface area contributed by atoms with Crippen molar-refractivity contribution in [2.45, 2.75) is 6.54 Å². The number of fused-ring (bicyclic) bond motifs is 1. The molecule has 0 atom stereocenters. The monoisotopic (exact) mass is 466 g/mol. The molecule has 3 aromatic carbocycles. The second kappa shape index (κ2) is 8.59. The normalized spacial score (nSPS) is 12.7. The van der Waals surface area contributed by atoms with Crippen molar-refractivity contribution in [2.24, 2.45) is 0 Å². The minimum absolute atomic E-state index is 0.0148. The lowest BCUT2D eigenvalue weighted by atomic mass is 10.1. The standard InChI is InChI=1S/C23H19BrN2O4/c1-29-19-4-2-3-16(11-19)23(28)25-18-9-10-21-20(12-18)26(22(27)14-30-21)13-15-5-7-17(24)8-6-15/h2-12H,13-14H2,1H3,(H,25,28). The number of hydrogen-bond acceptors (Lipinski definition) is 4. The molecule has 152 valence electrons. The molecule has 0 saturated carbocycles. The van der Waals surface area contributed by atoms with Crippen molar-refractivity contribution in [1.29, 1.82) is 0 Å². The van der Waals surface area contributed by atoms with E-state index in [1.807, 2.05) is 24.3 Å². The van der Waals surface area contributed by atoms with Crippen LogP contribution in [0.4, 0.5) is 11.4 Å². The molecule has 7 heteroatoms. The van der Waals surface area contributed by atoms with Crippen LogP contribution in [0.5, 0.6) is 11.5 Å². The Bertz CT molecular complexity index is 1100. The number of halogens is 1. The van der Waals surface area contributed by atoms with Crippen LogP contribution in [0.25, 0.3) is 0 Å². The third-order valence-corrected chi connectivity index (χ3v) is 5.27. The van der Waals surface area contributed by atoms with Gasteiger partial charge in [0.1, 0.15) is 11.5 Å². The molecule has 0 aromatic heterocycles. The zero-order valence-corrected chi connectivity index (χ0v) is 17.8. The van der Waals surface area contributed by atoms with Crippen molar-refractivity contribution in [3.8, 4) is 11.5 Å². The average Bonchev–Trinajstić information content (AvgIpc) is 2.77. The lowest BCUT2D eigenvalue weighted by Crippen LogP contribution is -2.38. The lowest BCUT2D eigenvalue weighted by Gasteiger charge is -2.30. The molecule has 3 aromatic rings. The van der Waals surface area contributed by atoms with Crippen LogP contribution in [0, 0.1) is 0 Å². The van der Waals surface area contributed by atoms with E-state index in [0.29, 0.717) is 35.0 Å². The SMILES string of the molecule is COc1cccc(C(=O)Nc2ccc3c(c2)N(Cc2ccc(Br)cc2)C(=O)CO3)c1. The maximum Gasteiger partial charge on any atom is 0.265 e. The van der Waals surface area contributed by atoms with Crippen molar-refractivity contribution in [2.75, 3.05) is 23.9 Å². The van der Waals surface area contributed by atoms with Gasteiger partial charge in [-0.2, -0.15) is 0 Å². The second-order valence-corrected chi connectivity index (χ2v) is 7.68. The number of nitrogens with zero attached hydrogens (tertiary/aromatic N) is 1. The Labute approximate surface area is 182 Å². The van der Waals surface area contributed by atoms with E-state index in [1.165, 1.54) is 0 Å². The van der Waals surface area contributed by atoms with Gasteiger partial charge < -0.3 is 19.7 Å². The number of benzene rings is 3. The van der Waals surface area contributed by atoms with E-state index >= 15 is 0 Å². The number of ether oxygens (including phenoxy) is 2. The number of hydrogen-bond donors (Lipinski definition) is 1. The molecular formula is C23H19BrN2O4. The molecule has 0 spiro atoms. The minimum Gasteiger partial charge on any atom is -0.497 e. The number of rotatable bonds is 5. The van der Waals surface area contributed by atoms with Crippen molar-refractivity contribution in [3.63, 3.8) is 0 Å². The largest absolute Gasteiger partial charge is 0.497 e. The van der Waals surface area contributed by atoms with Gasteiger partial charge in [0.25, 0.3) is 11.8 Å². The van der Waals surface area contributed by atoms with Gasteiger partial charge in [-0.25, -0.2) is 0 Å². The van der Waals surface area contributed by atoms with Gasteiger partial charge in [0, 0.05) is 15.7 Å². The van der Waals surface area contributed by atoms with E-state index in [9.17, 15) is 9.59 Å². The predicted molar refractivity (Wildman–Crippen MR) is 118 cm³/mol. The molecule has 4 rings (SSSR count). The predicted octanol–water partition coefficient (Wildman–Crippen LogP) is 4.64. The summed E-state index contributed by atoms with van der Waals surface area (Å²) >= 11 is 3.42. The summed E-state index contributed by atoms with van der Waals surface area (Å²) in [6.07, 6.45) is 0. The zero-order valence-electron chi connectivity index (χ0n) is 16.2.